The van der Waals surface area contributed by atoms with Crippen LogP contribution in [0.5, 0.6) is 5.88 Å². The first-order chi connectivity index (χ1) is 8.31. The Hall–Kier alpha value is -1.29. The summed E-state index contributed by atoms with van der Waals surface area (Å²) in [4.78, 5) is 9.34. The van der Waals surface area contributed by atoms with Gasteiger partial charge in [-0.25, -0.2) is 4.98 Å². The summed E-state index contributed by atoms with van der Waals surface area (Å²) in [6.07, 6.45) is 3.27. The lowest BCUT2D eigenvalue weighted by Gasteiger charge is -2.57. The van der Waals surface area contributed by atoms with Gasteiger partial charge >= 0.3 is 0 Å². The molecule has 3 aliphatic heterocycles. The van der Waals surface area contributed by atoms with Gasteiger partial charge in [0, 0.05) is 31.2 Å². The third kappa shape index (κ3) is 1.76. The van der Waals surface area contributed by atoms with Crippen LogP contribution in [0.25, 0.3) is 0 Å². The van der Waals surface area contributed by atoms with Gasteiger partial charge in [0.1, 0.15) is 0 Å². The molecule has 0 radical (unpaired) electrons. The van der Waals surface area contributed by atoms with E-state index in [4.69, 9.17) is 4.74 Å². The van der Waals surface area contributed by atoms with Crippen molar-refractivity contribution in [1.29, 1.82) is 0 Å². The third-order valence-corrected chi connectivity index (χ3v) is 3.94. The number of hydrogen-bond donors (Lipinski definition) is 0. The van der Waals surface area contributed by atoms with E-state index >= 15 is 0 Å². The summed E-state index contributed by atoms with van der Waals surface area (Å²) in [6.45, 7) is 5.80. The number of nitrogens with zero attached hydrogens (tertiary/aromatic N) is 3. The largest absolute Gasteiger partial charge is 0.481 e. The van der Waals surface area contributed by atoms with Gasteiger partial charge in [0.2, 0.25) is 5.88 Å². The Morgan fingerprint density at radius 1 is 1.35 bits per heavy atom. The van der Waals surface area contributed by atoms with Crippen LogP contribution in [-0.2, 0) is 0 Å². The zero-order chi connectivity index (χ0) is 11.8. The second kappa shape index (κ2) is 4.18. The van der Waals surface area contributed by atoms with Gasteiger partial charge in [-0.15, -0.1) is 0 Å². The van der Waals surface area contributed by atoms with E-state index in [0.29, 0.717) is 18.0 Å². The number of likely N-dealkylation sites (N-methyl/N-ethyl adjacent to an activating group) is 1. The highest BCUT2D eigenvalue weighted by atomic mass is 16.5. The van der Waals surface area contributed by atoms with E-state index in [1.807, 2.05) is 12.3 Å². The first kappa shape index (κ1) is 10.8. The topological polar surface area (TPSA) is 28.6 Å². The van der Waals surface area contributed by atoms with Gasteiger partial charge in [-0.1, -0.05) is 6.92 Å². The number of piperazine rings is 1. The molecule has 4 nitrogen and oxygen atoms in total. The Bertz CT molecular complexity index is 380. The van der Waals surface area contributed by atoms with Gasteiger partial charge in [0.25, 0.3) is 0 Å². The molecule has 3 saturated heterocycles. The van der Waals surface area contributed by atoms with E-state index in [9.17, 15) is 0 Å². The fourth-order valence-electron chi connectivity index (χ4n) is 3.02. The lowest BCUT2D eigenvalue weighted by Crippen LogP contribution is -2.69. The molecule has 0 spiro atoms. The van der Waals surface area contributed by atoms with Crippen LogP contribution in [0.3, 0.4) is 0 Å². The maximum absolute atomic E-state index is 5.09. The van der Waals surface area contributed by atoms with Crippen molar-refractivity contribution in [3.63, 3.8) is 0 Å². The molecule has 17 heavy (non-hydrogen) atoms. The molecule has 3 aliphatic rings. The predicted octanol–water partition coefficient (Wildman–Crippen LogP) is 1.37. The minimum atomic E-state index is 0.684. The molecule has 0 N–H and O–H groups in total. The molecule has 2 atom stereocenters. The van der Waals surface area contributed by atoms with Crippen LogP contribution in [0.1, 0.15) is 13.3 Å². The maximum atomic E-state index is 5.09. The molecule has 1 aromatic heterocycles. The first-order valence-electron chi connectivity index (χ1n) is 6.32. The molecule has 0 saturated carbocycles. The normalized spacial score (nSPS) is 27.8. The van der Waals surface area contributed by atoms with E-state index in [1.54, 1.807) is 7.11 Å². The van der Waals surface area contributed by atoms with Crippen LogP contribution >= 0.6 is 0 Å². The Labute approximate surface area is 102 Å². The highest BCUT2D eigenvalue weighted by molar-refractivity contribution is 5.51. The molecule has 3 fully saturated rings. The Balaban J connectivity index is 1.74. The number of piperidine rings is 1. The summed E-state index contributed by atoms with van der Waals surface area (Å²) in [7, 11) is 1.65. The summed E-state index contributed by atoms with van der Waals surface area (Å²) in [5.74, 6) is 0.689. The molecular formula is C13H19N3O. The van der Waals surface area contributed by atoms with Crippen molar-refractivity contribution in [3.05, 3.63) is 18.3 Å². The summed E-state index contributed by atoms with van der Waals surface area (Å²) < 4.78 is 5.09. The quantitative estimate of drug-likeness (QED) is 0.788. The van der Waals surface area contributed by atoms with Gasteiger partial charge in [-0.05, 0) is 19.0 Å². The zero-order valence-electron chi connectivity index (χ0n) is 10.5. The number of pyridine rings is 1. The SMILES string of the molecule is CCN1CC2CC(C1)N2c1ccc(OC)nc1. The van der Waals surface area contributed by atoms with Crippen LogP contribution < -0.4 is 9.64 Å². The average Bonchev–Trinajstić information content (AvgIpc) is 2.39. The fourth-order valence-corrected chi connectivity index (χ4v) is 3.02. The predicted molar refractivity (Wildman–Crippen MR) is 67.6 cm³/mol. The molecule has 0 amide bonds. The minimum absolute atomic E-state index is 0.684. The number of hydrogen-bond acceptors (Lipinski definition) is 4. The molecule has 2 bridgehead atoms. The highest BCUT2D eigenvalue weighted by Gasteiger charge is 2.44. The number of ether oxygens (including phenoxy) is 1. The molecular weight excluding hydrogens is 214 g/mol. The number of anilines is 1. The van der Waals surface area contributed by atoms with Crippen LogP contribution in [0.4, 0.5) is 5.69 Å². The van der Waals surface area contributed by atoms with Crippen molar-refractivity contribution < 1.29 is 4.74 Å². The molecule has 0 aromatic carbocycles. The molecule has 4 rings (SSSR count). The summed E-state index contributed by atoms with van der Waals surface area (Å²) in [5.41, 5.74) is 1.24. The van der Waals surface area contributed by atoms with Crippen molar-refractivity contribution in [2.75, 3.05) is 31.6 Å². The molecule has 4 heterocycles. The molecule has 92 valence electrons. The van der Waals surface area contributed by atoms with E-state index in [0.717, 1.165) is 0 Å². The van der Waals surface area contributed by atoms with Gasteiger partial charge in [0.15, 0.2) is 0 Å². The van der Waals surface area contributed by atoms with Gasteiger partial charge < -0.3 is 9.64 Å². The zero-order valence-corrected chi connectivity index (χ0v) is 10.5. The van der Waals surface area contributed by atoms with E-state index < -0.39 is 0 Å². The molecule has 1 aromatic rings. The second-order valence-electron chi connectivity index (χ2n) is 4.86. The smallest absolute Gasteiger partial charge is 0.213 e. The first-order valence-corrected chi connectivity index (χ1v) is 6.32. The third-order valence-electron chi connectivity index (χ3n) is 3.94. The van der Waals surface area contributed by atoms with Crippen LogP contribution in [0.2, 0.25) is 0 Å². The Morgan fingerprint density at radius 2 is 2.12 bits per heavy atom. The van der Waals surface area contributed by atoms with Crippen molar-refractivity contribution in [3.8, 4) is 5.88 Å². The molecule has 4 heteroatoms. The van der Waals surface area contributed by atoms with Gasteiger partial charge in [0.05, 0.1) is 19.0 Å². The Morgan fingerprint density at radius 3 is 2.65 bits per heavy atom. The van der Waals surface area contributed by atoms with Crippen molar-refractivity contribution >= 4 is 5.69 Å². The number of aromatic nitrogens is 1. The lowest BCUT2D eigenvalue weighted by atomic mass is 9.87. The van der Waals surface area contributed by atoms with Crippen molar-refractivity contribution in [1.82, 2.24) is 9.88 Å². The summed E-state index contributed by atoms with van der Waals surface area (Å²) in [6, 6.07) is 5.43. The van der Waals surface area contributed by atoms with Crippen molar-refractivity contribution in [2.24, 2.45) is 0 Å². The molecule has 0 aliphatic carbocycles. The minimum Gasteiger partial charge on any atom is -0.481 e. The van der Waals surface area contributed by atoms with E-state index in [-0.39, 0.29) is 0 Å². The number of methoxy groups -OCH3 is 1. The van der Waals surface area contributed by atoms with Gasteiger partial charge in [-0.3, -0.25) is 4.90 Å². The monoisotopic (exact) mass is 233 g/mol. The molecule has 2 unspecified atom stereocenters. The van der Waals surface area contributed by atoms with E-state index in [2.05, 4.69) is 27.8 Å². The van der Waals surface area contributed by atoms with Crippen LogP contribution in [0, 0.1) is 0 Å². The van der Waals surface area contributed by atoms with Crippen molar-refractivity contribution in [2.45, 2.75) is 25.4 Å². The van der Waals surface area contributed by atoms with Crippen LogP contribution in [-0.4, -0.2) is 48.7 Å². The summed E-state index contributed by atoms with van der Waals surface area (Å²) >= 11 is 0. The van der Waals surface area contributed by atoms with Gasteiger partial charge in [-0.2, -0.15) is 0 Å². The number of fused-ring (bicyclic) bond motifs is 2. The van der Waals surface area contributed by atoms with E-state index in [1.165, 1.54) is 31.7 Å². The number of rotatable bonds is 3. The summed E-state index contributed by atoms with van der Waals surface area (Å²) in [5, 5.41) is 0. The second-order valence-corrected chi connectivity index (χ2v) is 4.86. The maximum Gasteiger partial charge on any atom is 0.213 e. The lowest BCUT2D eigenvalue weighted by molar-refractivity contribution is 0.120. The van der Waals surface area contributed by atoms with Crippen LogP contribution in [0.15, 0.2) is 18.3 Å². The average molecular weight is 233 g/mol. The highest BCUT2D eigenvalue weighted by Crippen LogP contribution is 2.36. The fraction of sp³-hybridized carbons (Fsp3) is 0.615. The standard InChI is InChI=1S/C13H19N3O/c1-3-15-8-11-6-12(9-15)16(11)10-4-5-13(17-2)14-7-10/h4-5,7,11-12H,3,6,8-9H2,1-2H3. The Kier molecular flexibility index (Phi) is 2.67.